The number of thiophene rings is 1. The standard InChI is InChI=1S/C26H24Cl2N4O2S2/c1-4-34-25(33)18-13-22(17-9-6-5-7-10-17)36-24(18)30-26(35)29-23-15(2)31-32(16(23)3)14-19-20(27)11-8-12-21(19)28/h5-13H,4,14H2,1-3H3,(H2,29,30,35). The number of nitrogens with zero attached hydrogens (tertiary/aromatic N) is 2. The smallest absolute Gasteiger partial charge is 0.341 e. The van der Waals surface area contributed by atoms with Crippen LogP contribution in [-0.4, -0.2) is 27.5 Å². The number of ether oxygens (including phenoxy) is 1. The quantitative estimate of drug-likeness (QED) is 0.180. The zero-order chi connectivity index (χ0) is 25.8. The van der Waals surface area contributed by atoms with E-state index in [2.05, 4.69) is 15.7 Å². The molecular weight excluding hydrogens is 535 g/mol. The molecule has 0 amide bonds. The zero-order valence-corrected chi connectivity index (χ0v) is 23.0. The number of aryl methyl sites for hydroxylation is 1. The molecule has 4 rings (SSSR count). The van der Waals surface area contributed by atoms with Crippen molar-refractivity contribution in [2.24, 2.45) is 0 Å². The maximum atomic E-state index is 12.6. The summed E-state index contributed by atoms with van der Waals surface area (Å²) >= 11 is 19.7. The van der Waals surface area contributed by atoms with Crippen molar-refractivity contribution in [3.8, 4) is 10.4 Å². The van der Waals surface area contributed by atoms with E-state index in [0.29, 0.717) is 32.3 Å². The van der Waals surface area contributed by atoms with E-state index >= 15 is 0 Å². The highest BCUT2D eigenvalue weighted by Gasteiger charge is 2.20. The number of aromatic nitrogens is 2. The van der Waals surface area contributed by atoms with Crippen LogP contribution < -0.4 is 10.6 Å². The SMILES string of the molecule is CCOC(=O)c1cc(-c2ccccc2)sc1NC(=S)Nc1c(C)nn(Cc2c(Cl)cccc2Cl)c1C. The fraction of sp³-hybridized carbons (Fsp3) is 0.192. The van der Waals surface area contributed by atoms with Crippen molar-refractivity contribution in [1.82, 2.24) is 9.78 Å². The van der Waals surface area contributed by atoms with Crippen LogP contribution in [0.25, 0.3) is 10.4 Å². The van der Waals surface area contributed by atoms with Crippen molar-refractivity contribution >= 4 is 68.5 Å². The highest BCUT2D eigenvalue weighted by Crippen LogP contribution is 2.36. The summed E-state index contributed by atoms with van der Waals surface area (Å²) in [4.78, 5) is 13.6. The number of carbonyl (C=O) groups is 1. The van der Waals surface area contributed by atoms with Gasteiger partial charge in [-0.2, -0.15) is 5.10 Å². The van der Waals surface area contributed by atoms with Crippen LogP contribution in [0.5, 0.6) is 0 Å². The minimum atomic E-state index is -0.405. The molecule has 4 aromatic rings. The lowest BCUT2D eigenvalue weighted by Crippen LogP contribution is -2.21. The topological polar surface area (TPSA) is 68.2 Å². The summed E-state index contributed by atoms with van der Waals surface area (Å²) in [7, 11) is 0. The van der Waals surface area contributed by atoms with Gasteiger partial charge in [-0.15, -0.1) is 11.3 Å². The van der Waals surface area contributed by atoms with Gasteiger partial charge in [0.25, 0.3) is 0 Å². The summed E-state index contributed by atoms with van der Waals surface area (Å²) in [5.74, 6) is -0.405. The Kier molecular flexibility index (Phi) is 8.31. The molecule has 36 heavy (non-hydrogen) atoms. The second-order valence-electron chi connectivity index (χ2n) is 7.92. The first kappa shape index (κ1) is 26.2. The molecule has 0 saturated carbocycles. The summed E-state index contributed by atoms with van der Waals surface area (Å²) in [5, 5.41) is 13.2. The van der Waals surface area contributed by atoms with Gasteiger partial charge in [0.2, 0.25) is 0 Å². The maximum absolute atomic E-state index is 12.6. The monoisotopic (exact) mass is 558 g/mol. The van der Waals surface area contributed by atoms with Crippen molar-refractivity contribution < 1.29 is 9.53 Å². The number of hydrogen-bond acceptors (Lipinski definition) is 5. The van der Waals surface area contributed by atoms with Gasteiger partial charge in [0.05, 0.1) is 35.8 Å². The number of benzene rings is 2. The molecule has 0 bridgehead atoms. The minimum Gasteiger partial charge on any atom is -0.462 e. The molecule has 0 spiro atoms. The van der Waals surface area contributed by atoms with Crippen molar-refractivity contribution in [3.05, 3.63) is 87.2 Å². The van der Waals surface area contributed by atoms with E-state index in [9.17, 15) is 4.79 Å². The Labute approximate surface area is 229 Å². The van der Waals surface area contributed by atoms with Gasteiger partial charge < -0.3 is 15.4 Å². The largest absolute Gasteiger partial charge is 0.462 e. The number of rotatable bonds is 7. The van der Waals surface area contributed by atoms with E-state index in [1.807, 2.05) is 61.0 Å². The molecule has 0 aliphatic rings. The Balaban J connectivity index is 1.57. The van der Waals surface area contributed by atoms with Gasteiger partial charge in [-0.1, -0.05) is 59.6 Å². The molecule has 2 N–H and O–H groups in total. The van der Waals surface area contributed by atoms with E-state index in [0.717, 1.165) is 33.1 Å². The summed E-state index contributed by atoms with van der Waals surface area (Å²) in [5.41, 5.74) is 4.64. The van der Waals surface area contributed by atoms with Crippen molar-refractivity contribution in [2.45, 2.75) is 27.3 Å². The molecule has 0 radical (unpaired) electrons. The lowest BCUT2D eigenvalue weighted by atomic mass is 10.1. The highest BCUT2D eigenvalue weighted by atomic mass is 35.5. The number of thiocarbonyl (C=S) groups is 1. The van der Waals surface area contributed by atoms with Gasteiger partial charge in [-0.05, 0) is 56.8 Å². The highest BCUT2D eigenvalue weighted by molar-refractivity contribution is 7.80. The van der Waals surface area contributed by atoms with Gasteiger partial charge >= 0.3 is 5.97 Å². The van der Waals surface area contributed by atoms with Crippen LogP contribution in [0, 0.1) is 13.8 Å². The first-order valence-corrected chi connectivity index (χ1v) is 13.2. The van der Waals surface area contributed by atoms with Crippen LogP contribution >= 0.6 is 46.8 Å². The summed E-state index contributed by atoms with van der Waals surface area (Å²) in [6.07, 6.45) is 0. The Hall–Kier alpha value is -2.91. The summed E-state index contributed by atoms with van der Waals surface area (Å²) in [6.45, 7) is 6.32. The molecule has 0 fully saturated rings. The van der Waals surface area contributed by atoms with Gasteiger partial charge in [0.1, 0.15) is 5.00 Å². The third kappa shape index (κ3) is 5.73. The number of anilines is 2. The molecule has 0 aliphatic heterocycles. The predicted octanol–water partition coefficient (Wildman–Crippen LogP) is 7.57. The molecule has 186 valence electrons. The van der Waals surface area contributed by atoms with E-state index in [-0.39, 0.29) is 6.61 Å². The van der Waals surface area contributed by atoms with Gasteiger partial charge in [-0.25, -0.2) is 4.79 Å². The molecule has 0 aliphatic carbocycles. The Morgan fingerprint density at radius 2 is 1.78 bits per heavy atom. The fourth-order valence-electron chi connectivity index (χ4n) is 3.70. The first-order valence-electron chi connectivity index (χ1n) is 11.2. The zero-order valence-electron chi connectivity index (χ0n) is 19.9. The van der Waals surface area contributed by atoms with Crippen LogP contribution in [0.3, 0.4) is 0 Å². The minimum absolute atomic E-state index is 0.282. The van der Waals surface area contributed by atoms with E-state index in [1.165, 1.54) is 11.3 Å². The Morgan fingerprint density at radius 3 is 2.44 bits per heavy atom. The second-order valence-corrected chi connectivity index (χ2v) is 10.2. The fourth-order valence-corrected chi connectivity index (χ4v) is 5.54. The average Bonchev–Trinajstić information content (AvgIpc) is 3.38. The number of nitrogens with one attached hydrogen (secondary N) is 2. The normalized spacial score (nSPS) is 10.8. The van der Waals surface area contributed by atoms with E-state index in [1.54, 1.807) is 19.1 Å². The van der Waals surface area contributed by atoms with Gasteiger partial charge in [0, 0.05) is 20.5 Å². The molecule has 2 heterocycles. The lowest BCUT2D eigenvalue weighted by Gasteiger charge is -2.12. The predicted molar refractivity (Wildman–Crippen MR) is 153 cm³/mol. The number of esters is 1. The molecule has 0 unspecified atom stereocenters. The third-order valence-corrected chi connectivity index (χ3v) is 7.51. The Bertz CT molecular complexity index is 1400. The number of halogens is 2. The van der Waals surface area contributed by atoms with Crippen LogP contribution in [0.15, 0.2) is 54.6 Å². The molecule has 0 atom stereocenters. The van der Waals surface area contributed by atoms with Gasteiger partial charge in [0.15, 0.2) is 5.11 Å². The summed E-state index contributed by atoms with van der Waals surface area (Å²) in [6, 6.07) is 17.1. The van der Waals surface area contributed by atoms with Crippen molar-refractivity contribution in [1.29, 1.82) is 0 Å². The molecule has 2 aromatic carbocycles. The third-order valence-electron chi connectivity index (χ3n) is 5.50. The molecule has 10 heteroatoms. The summed E-state index contributed by atoms with van der Waals surface area (Å²) < 4.78 is 7.09. The molecule has 0 saturated heterocycles. The average molecular weight is 560 g/mol. The maximum Gasteiger partial charge on any atom is 0.341 e. The molecule has 2 aromatic heterocycles. The van der Waals surface area contributed by atoms with Crippen molar-refractivity contribution in [2.75, 3.05) is 17.2 Å². The van der Waals surface area contributed by atoms with Crippen LogP contribution in [0.1, 0.15) is 34.2 Å². The van der Waals surface area contributed by atoms with Gasteiger partial charge in [-0.3, -0.25) is 4.68 Å². The van der Waals surface area contributed by atoms with Crippen LogP contribution in [0.4, 0.5) is 10.7 Å². The van der Waals surface area contributed by atoms with Crippen molar-refractivity contribution in [3.63, 3.8) is 0 Å². The molecular formula is C26H24Cl2N4O2S2. The van der Waals surface area contributed by atoms with Crippen LogP contribution in [0.2, 0.25) is 10.0 Å². The Morgan fingerprint density at radius 1 is 1.08 bits per heavy atom. The van der Waals surface area contributed by atoms with E-state index < -0.39 is 5.97 Å². The number of hydrogen-bond donors (Lipinski definition) is 2. The van der Waals surface area contributed by atoms with E-state index in [4.69, 9.17) is 40.2 Å². The lowest BCUT2D eigenvalue weighted by molar-refractivity contribution is 0.0528. The number of carbonyl (C=O) groups excluding carboxylic acids is 1. The molecule has 6 nitrogen and oxygen atoms in total. The second kappa shape index (κ2) is 11.4. The van der Waals surface area contributed by atoms with Crippen LogP contribution in [-0.2, 0) is 11.3 Å². The first-order chi connectivity index (χ1) is 17.3.